The second-order valence-corrected chi connectivity index (χ2v) is 6.94. The summed E-state index contributed by atoms with van der Waals surface area (Å²) in [6, 6.07) is 6.03. The van der Waals surface area contributed by atoms with E-state index in [1.807, 2.05) is 29.3 Å². The van der Waals surface area contributed by atoms with E-state index in [1.54, 1.807) is 6.20 Å². The lowest BCUT2D eigenvalue weighted by Gasteiger charge is -2.26. The average molecular weight is 324 g/mol. The van der Waals surface area contributed by atoms with Gasteiger partial charge in [0.25, 0.3) is 5.91 Å². The van der Waals surface area contributed by atoms with Crippen LogP contribution in [-0.4, -0.2) is 32.5 Å². The number of hydrogen-bond acceptors (Lipinski definition) is 3. The minimum absolute atomic E-state index is 0.0906. The summed E-state index contributed by atoms with van der Waals surface area (Å²) < 4.78 is 0. The first-order valence-electron chi connectivity index (χ1n) is 9.10. The number of aromatic nitrogens is 3. The highest BCUT2D eigenvalue weighted by atomic mass is 16.2. The second-order valence-electron chi connectivity index (χ2n) is 6.94. The number of amides is 1. The maximum atomic E-state index is 13.2. The van der Waals surface area contributed by atoms with E-state index >= 15 is 0 Å². The molecule has 3 heterocycles. The number of rotatable bonds is 3. The number of carbonyl (C=O) groups is 1. The van der Waals surface area contributed by atoms with Gasteiger partial charge in [-0.05, 0) is 37.8 Å². The molecule has 1 saturated heterocycles. The van der Waals surface area contributed by atoms with Gasteiger partial charge in [-0.1, -0.05) is 25.3 Å². The van der Waals surface area contributed by atoms with Crippen molar-refractivity contribution in [1.29, 1.82) is 0 Å². The minimum Gasteiger partial charge on any atom is -0.330 e. The number of pyridine rings is 1. The van der Waals surface area contributed by atoms with E-state index in [9.17, 15) is 4.79 Å². The average Bonchev–Trinajstić information content (AvgIpc) is 3.32. The fraction of sp³-hybridized carbons (Fsp3) is 0.526. The summed E-state index contributed by atoms with van der Waals surface area (Å²) >= 11 is 0. The topological polar surface area (TPSA) is 61.9 Å². The van der Waals surface area contributed by atoms with Crippen LogP contribution in [-0.2, 0) is 0 Å². The van der Waals surface area contributed by atoms with Crippen molar-refractivity contribution in [3.63, 3.8) is 0 Å². The van der Waals surface area contributed by atoms with E-state index in [0.717, 1.165) is 49.2 Å². The molecule has 0 radical (unpaired) electrons. The number of H-pyrrole nitrogens is 1. The Bertz CT molecular complexity index is 690. The molecule has 24 heavy (non-hydrogen) atoms. The third-order valence-electron chi connectivity index (χ3n) is 5.46. The first kappa shape index (κ1) is 15.4. The van der Waals surface area contributed by atoms with Crippen molar-refractivity contribution in [3.8, 4) is 0 Å². The van der Waals surface area contributed by atoms with Crippen LogP contribution in [0.15, 0.2) is 30.6 Å². The fourth-order valence-electron chi connectivity index (χ4n) is 4.21. The van der Waals surface area contributed by atoms with Gasteiger partial charge in [0.2, 0.25) is 0 Å². The Morgan fingerprint density at radius 2 is 2.00 bits per heavy atom. The van der Waals surface area contributed by atoms with Gasteiger partial charge in [0.05, 0.1) is 29.2 Å². The zero-order chi connectivity index (χ0) is 16.4. The lowest BCUT2D eigenvalue weighted by molar-refractivity contribution is 0.0731. The van der Waals surface area contributed by atoms with Gasteiger partial charge in [-0.3, -0.25) is 14.9 Å². The monoisotopic (exact) mass is 324 g/mol. The zero-order valence-electron chi connectivity index (χ0n) is 13.9. The standard InChI is InChI=1S/C19H24N4O/c24-19(15-13-21-22-18(15)14-7-2-1-3-8-14)23-12-6-10-17(23)16-9-4-5-11-20-16/h4-5,9,11,13-14,17H,1-3,6-8,10,12H2,(H,21,22)/t17-/m1/s1. The molecule has 126 valence electrons. The van der Waals surface area contributed by atoms with Crippen LogP contribution in [0.3, 0.4) is 0 Å². The van der Waals surface area contributed by atoms with E-state index in [4.69, 9.17) is 0 Å². The van der Waals surface area contributed by atoms with Crippen LogP contribution in [0.5, 0.6) is 0 Å². The first-order valence-corrected chi connectivity index (χ1v) is 9.10. The minimum atomic E-state index is 0.0906. The third-order valence-corrected chi connectivity index (χ3v) is 5.46. The largest absolute Gasteiger partial charge is 0.330 e. The molecule has 1 atom stereocenters. The van der Waals surface area contributed by atoms with Crippen molar-refractivity contribution in [2.45, 2.75) is 56.9 Å². The van der Waals surface area contributed by atoms with E-state index < -0.39 is 0 Å². The van der Waals surface area contributed by atoms with E-state index in [1.165, 1.54) is 19.3 Å². The Kier molecular flexibility index (Phi) is 4.32. The third kappa shape index (κ3) is 2.83. The molecule has 0 spiro atoms. The number of carbonyl (C=O) groups excluding carboxylic acids is 1. The lowest BCUT2D eigenvalue weighted by atomic mass is 9.85. The Hall–Kier alpha value is -2.17. The number of likely N-dealkylation sites (tertiary alicyclic amines) is 1. The van der Waals surface area contributed by atoms with E-state index in [-0.39, 0.29) is 11.9 Å². The van der Waals surface area contributed by atoms with Gasteiger partial charge in [-0.15, -0.1) is 0 Å². The molecule has 5 heteroatoms. The van der Waals surface area contributed by atoms with Gasteiger partial charge in [-0.2, -0.15) is 5.10 Å². The van der Waals surface area contributed by atoms with Crippen molar-refractivity contribution >= 4 is 5.91 Å². The highest BCUT2D eigenvalue weighted by molar-refractivity contribution is 5.95. The predicted molar refractivity (Wildman–Crippen MR) is 91.7 cm³/mol. The zero-order valence-corrected chi connectivity index (χ0v) is 13.9. The molecule has 1 saturated carbocycles. The lowest BCUT2D eigenvalue weighted by Crippen LogP contribution is -2.31. The van der Waals surface area contributed by atoms with Crippen molar-refractivity contribution in [2.75, 3.05) is 6.54 Å². The fourth-order valence-corrected chi connectivity index (χ4v) is 4.21. The van der Waals surface area contributed by atoms with Crippen molar-refractivity contribution < 1.29 is 4.79 Å². The van der Waals surface area contributed by atoms with Crippen LogP contribution in [0.4, 0.5) is 0 Å². The number of nitrogens with one attached hydrogen (secondary N) is 1. The van der Waals surface area contributed by atoms with Gasteiger partial charge < -0.3 is 4.90 Å². The maximum absolute atomic E-state index is 13.2. The van der Waals surface area contributed by atoms with Gasteiger partial charge in [0, 0.05) is 18.7 Å². The summed E-state index contributed by atoms with van der Waals surface area (Å²) in [4.78, 5) is 19.6. The molecule has 2 aromatic rings. The smallest absolute Gasteiger partial charge is 0.257 e. The van der Waals surface area contributed by atoms with Crippen molar-refractivity contribution in [2.24, 2.45) is 0 Å². The maximum Gasteiger partial charge on any atom is 0.257 e. The van der Waals surface area contributed by atoms with E-state index in [0.29, 0.717) is 5.92 Å². The molecule has 5 nitrogen and oxygen atoms in total. The Balaban J connectivity index is 1.58. The summed E-state index contributed by atoms with van der Waals surface area (Å²) in [5.74, 6) is 0.563. The highest BCUT2D eigenvalue weighted by Crippen LogP contribution is 2.36. The quantitative estimate of drug-likeness (QED) is 0.933. The second kappa shape index (κ2) is 6.75. The van der Waals surface area contributed by atoms with E-state index in [2.05, 4.69) is 15.2 Å². The van der Waals surface area contributed by atoms with Crippen molar-refractivity contribution in [3.05, 3.63) is 47.5 Å². The summed E-state index contributed by atoms with van der Waals surface area (Å²) in [6.45, 7) is 0.801. The number of hydrogen-bond donors (Lipinski definition) is 1. The predicted octanol–water partition coefficient (Wildman–Crippen LogP) is 3.83. The van der Waals surface area contributed by atoms with Gasteiger partial charge in [0.15, 0.2) is 0 Å². The summed E-state index contributed by atoms with van der Waals surface area (Å²) in [5, 5.41) is 7.32. The first-order chi connectivity index (χ1) is 11.8. The molecule has 0 aromatic carbocycles. The highest BCUT2D eigenvalue weighted by Gasteiger charge is 2.34. The molecular weight excluding hydrogens is 300 g/mol. The molecule has 1 N–H and O–H groups in total. The number of nitrogens with zero attached hydrogens (tertiary/aromatic N) is 3. The molecular formula is C19H24N4O. The van der Waals surface area contributed by atoms with Gasteiger partial charge >= 0.3 is 0 Å². The van der Waals surface area contributed by atoms with Crippen molar-refractivity contribution in [1.82, 2.24) is 20.1 Å². The number of aromatic amines is 1. The molecule has 1 aliphatic carbocycles. The Labute approximate surface area is 142 Å². The summed E-state index contributed by atoms with van der Waals surface area (Å²) in [6.07, 6.45) is 11.7. The molecule has 2 fully saturated rings. The normalized spacial score (nSPS) is 22.0. The molecule has 4 rings (SSSR count). The van der Waals surface area contributed by atoms with Crippen LogP contribution in [0, 0.1) is 0 Å². The van der Waals surface area contributed by atoms with Crippen LogP contribution in [0.1, 0.15) is 78.7 Å². The molecule has 2 aromatic heterocycles. The molecule has 1 amide bonds. The molecule has 2 aliphatic rings. The Morgan fingerprint density at radius 1 is 1.12 bits per heavy atom. The van der Waals surface area contributed by atoms with Crippen LogP contribution in [0.2, 0.25) is 0 Å². The van der Waals surface area contributed by atoms with Gasteiger partial charge in [0.1, 0.15) is 0 Å². The Morgan fingerprint density at radius 3 is 2.79 bits per heavy atom. The molecule has 1 aliphatic heterocycles. The molecule has 0 bridgehead atoms. The summed E-state index contributed by atoms with van der Waals surface area (Å²) in [7, 11) is 0. The van der Waals surface area contributed by atoms with Crippen LogP contribution < -0.4 is 0 Å². The van der Waals surface area contributed by atoms with Crippen LogP contribution in [0.25, 0.3) is 0 Å². The van der Waals surface area contributed by atoms with Gasteiger partial charge in [-0.25, -0.2) is 0 Å². The summed E-state index contributed by atoms with van der Waals surface area (Å²) in [5.41, 5.74) is 2.81. The van der Waals surface area contributed by atoms with Crippen LogP contribution >= 0.6 is 0 Å². The molecule has 0 unspecified atom stereocenters. The SMILES string of the molecule is O=C(c1cn[nH]c1C1CCCCC1)N1CCC[C@@H]1c1ccccn1.